The Hall–Kier alpha value is -1.49. The van der Waals surface area contributed by atoms with E-state index in [0.717, 1.165) is 31.6 Å². The van der Waals surface area contributed by atoms with E-state index < -0.39 is 0 Å². The van der Waals surface area contributed by atoms with Gasteiger partial charge in [-0.3, -0.25) is 0 Å². The zero-order valence-electron chi connectivity index (χ0n) is 9.04. The zero-order chi connectivity index (χ0) is 11.1. The molecule has 80 valence electrons. The fourth-order valence-electron chi connectivity index (χ4n) is 1.51. The molecule has 1 rings (SSSR count). The van der Waals surface area contributed by atoms with Gasteiger partial charge in [0.15, 0.2) is 0 Å². The summed E-state index contributed by atoms with van der Waals surface area (Å²) < 4.78 is 13.0. The summed E-state index contributed by atoms with van der Waals surface area (Å²) in [5.74, 6) is 2.42. The summed E-state index contributed by atoms with van der Waals surface area (Å²) in [4.78, 5) is 2.13. The molecule has 1 aromatic rings. The first kappa shape index (κ1) is 11.6. The second-order valence-electron chi connectivity index (χ2n) is 3.37. The van der Waals surface area contributed by atoms with Crippen molar-refractivity contribution in [1.82, 2.24) is 0 Å². The third kappa shape index (κ3) is 3.63. The standard InChI is InChI=1S/C13H16FN/c1-3-5-6-10-15(4-2)13-9-7-8-12(14)11-13/h1,7-9,11H,4-6,10H2,2H3. The third-order valence-corrected chi connectivity index (χ3v) is 2.30. The van der Waals surface area contributed by atoms with Crippen molar-refractivity contribution in [3.8, 4) is 12.3 Å². The molecule has 0 aliphatic carbocycles. The predicted octanol–water partition coefficient (Wildman–Crippen LogP) is 3.07. The Kier molecular flexibility index (Phi) is 4.70. The number of hydrogen-bond acceptors (Lipinski definition) is 1. The molecule has 0 saturated carbocycles. The number of anilines is 1. The van der Waals surface area contributed by atoms with Crippen molar-refractivity contribution in [2.45, 2.75) is 19.8 Å². The Morgan fingerprint density at radius 1 is 1.47 bits per heavy atom. The second-order valence-corrected chi connectivity index (χ2v) is 3.37. The highest BCUT2D eigenvalue weighted by atomic mass is 19.1. The Labute approximate surface area is 90.9 Å². The average molecular weight is 205 g/mol. The van der Waals surface area contributed by atoms with Crippen LogP contribution in [0, 0.1) is 18.2 Å². The van der Waals surface area contributed by atoms with Crippen LogP contribution in [-0.2, 0) is 0 Å². The summed E-state index contributed by atoms with van der Waals surface area (Å²) in [6, 6.07) is 6.66. The minimum absolute atomic E-state index is 0.192. The van der Waals surface area contributed by atoms with Crippen LogP contribution in [0.25, 0.3) is 0 Å². The van der Waals surface area contributed by atoms with Gasteiger partial charge < -0.3 is 4.90 Å². The van der Waals surface area contributed by atoms with Crippen molar-refractivity contribution < 1.29 is 4.39 Å². The van der Waals surface area contributed by atoms with E-state index in [1.807, 2.05) is 6.07 Å². The van der Waals surface area contributed by atoms with E-state index in [4.69, 9.17) is 6.42 Å². The van der Waals surface area contributed by atoms with Crippen LogP contribution >= 0.6 is 0 Å². The average Bonchev–Trinajstić information content (AvgIpc) is 2.24. The Bertz CT molecular complexity index is 341. The van der Waals surface area contributed by atoms with Crippen LogP contribution in [0.4, 0.5) is 10.1 Å². The summed E-state index contributed by atoms with van der Waals surface area (Å²) in [7, 11) is 0. The lowest BCUT2D eigenvalue weighted by molar-refractivity contribution is 0.626. The van der Waals surface area contributed by atoms with Gasteiger partial charge in [-0.2, -0.15) is 0 Å². The van der Waals surface area contributed by atoms with Crippen molar-refractivity contribution in [2.75, 3.05) is 18.0 Å². The maximum absolute atomic E-state index is 13.0. The van der Waals surface area contributed by atoms with Crippen LogP contribution in [0.1, 0.15) is 19.8 Å². The lowest BCUT2D eigenvalue weighted by Gasteiger charge is -2.22. The molecule has 0 aliphatic rings. The van der Waals surface area contributed by atoms with Crippen molar-refractivity contribution >= 4 is 5.69 Å². The van der Waals surface area contributed by atoms with E-state index in [0.29, 0.717) is 0 Å². The molecular weight excluding hydrogens is 189 g/mol. The quantitative estimate of drug-likeness (QED) is 0.527. The van der Waals surface area contributed by atoms with Crippen molar-refractivity contribution in [1.29, 1.82) is 0 Å². The maximum atomic E-state index is 13.0. The van der Waals surface area contributed by atoms with E-state index in [9.17, 15) is 4.39 Å². The van der Waals surface area contributed by atoms with Crippen LogP contribution in [0.3, 0.4) is 0 Å². The molecule has 0 heterocycles. The number of rotatable bonds is 5. The Morgan fingerprint density at radius 3 is 2.87 bits per heavy atom. The number of hydrogen-bond donors (Lipinski definition) is 0. The molecule has 1 nitrogen and oxygen atoms in total. The van der Waals surface area contributed by atoms with Crippen LogP contribution in [0.15, 0.2) is 24.3 Å². The SMILES string of the molecule is C#CCCCN(CC)c1cccc(F)c1. The molecule has 0 aromatic heterocycles. The molecule has 2 heteroatoms. The van der Waals surface area contributed by atoms with E-state index in [-0.39, 0.29) is 5.82 Å². The van der Waals surface area contributed by atoms with E-state index in [2.05, 4.69) is 17.7 Å². The highest BCUT2D eigenvalue weighted by Crippen LogP contribution is 2.15. The van der Waals surface area contributed by atoms with Crippen LogP contribution < -0.4 is 4.90 Å². The van der Waals surface area contributed by atoms with Gasteiger partial charge in [-0.15, -0.1) is 12.3 Å². The first-order valence-electron chi connectivity index (χ1n) is 5.22. The van der Waals surface area contributed by atoms with Gasteiger partial charge in [0.1, 0.15) is 5.82 Å². The second kappa shape index (κ2) is 6.08. The first-order chi connectivity index (χ1) is 7.27. The van der Waals surface area contributed by atoms with Crippen molar-refractivity contribution in [3.05, 3.63) is 30.1 Å². The Balaban J connectivity index is 2.62. The molecule has 0 radical (unpaired) electrons. The summed E-state index contributed by atoms with van der Waals surface area (Å²) in [5.41, 5.74) is 0.925. The molecule has 0 atom stereocenters. The molecule has 0 unspecified atom stereocenters. The largest absolute Gasteiger partial charge is 0.372 e. The fraction of sp³-hybridized carbons (Fsp3) is 0.385. The molecule has 0 bridgehead atoms. The van der Waals surface area contributed by atoms with Gasteiger partial charge in [0.25, 0.3) is 0 Å². The smallest absolute Gasteiger partial charge is 0.125 e. The monoisotopic (exact) mass is 205 g/mol. The Morgan fingerprint density at radius 2 is 2.27 bits per heavy atom. The predicted molar refractivity (Wildman–Crippen MR) is 62.4 cm³/mol. The number of nitrogens with zero attached hydrogens (tertiary/aromatic N) is 1. The highest BCUT2D eigenvalue weighted by molar-refractivity contribution is 5.46. The fourth-order valence-corrected chi connectivity index (χ4v) is 1.51. The molecule has 15 heavy (non-hydrogen) atoms. The third-order valence-electron chi connectivity index (χ3n) is 2.30. The lowest BCUT2D eigenvalue weighted by atomic mass is 10.2. The molecule has 0 spiro atoms. The minimum atomic E-state index is -0.192. The van der Waals surface area contributed by atoms with Gasteiger partial charge >= 0.3 is 0 Å². The summed E-state index contributed by atoms with van der Waals surface area (Å²) in [5, 5.41) is 0. The minimum Gasteiger partial charge on any atom is -0.372 e. The molecule has 0 fully saturated rings. The van der Waals surface area contributed by atoms with Crippen LogP contribution in [0.5, 0.6) is 0 Å². The molecule has 0 aliphatic heterocycles. The van der Waals surface area contributed by atoms with Gasteiger partial charge in [0, 0.05) is 25.2 Å². The lowest BCUT2D eigenvalue weighted by Crippen LogP contribution is -2.23. The molecule has 0 N–H and O–H groups in total. The van der Waals surface area contributed by atoms with Crippen LogP contribution in [0.2, 0.25) is 0 Å². The molecule has 1 aromatic carbocycles. The van der Waals surface area contributed by atoms with E-state index >= 15 is 0 Å². The molecule has 0 amide bonds. The van der Waals surface area contributed by atoms with E-state index in [1.54, 1.807) is 12.1 Å². The van der Waals surface area contributed by atoms with Gasteiger partial charge in [0.2, 0.25) is 0 Å². The highest BCUT2D eigenvalue weighted by Gasteiger charge is 2.03. The van der Waals surface area contributed by atoms with Gasteiger partial charge in [-0.05, 0) is 31.5 Å². The summed E-state index contributed by atoms with van der Waals surface area (Å²) in [6.45, 7) is 3.80. The van der Waals surface area contributed by atoms with Crippen molar-refractivity contribution in [3.63, 3.8) is 0 Å². The van der Waals surface area contributed by atoms with Gasteiger partial charge in [-0.25, -0.2) is 4.39 Å². The zero-order valence-corrected chi connectivity index (χ0v) is 9.04. The number of unbranched alkanes of at least 4 members (excludes halogenated alkanes) is 1. The van der Waals surface area contributed by atoms with Gasteiger partial charge in [0.05, 0.1) is 0 Å². The number of terminal acetylenes is 1. The summed E-state index contributed by atoms with van der Waals surface area (Å²) in [6.07, 6.45) is 6.91. The van der Waals surface area contributed by atoms with Crippen molar-refractivity contribution in [2.24, 2.45) is 0 Å². The van der Waals surface area contributed by atoms with Crippen LogP contribution in [-0.4, -0.2) is 13.1 Å². The number of halogens is 1. The molecule has 0 saturated heterocycles. The first-order valence-corrected chi connectivity index (χ1v) is 5.22. The number of benzene rings is 1. The van der Waals surface area contributed by atoms with Gasteiger partial charge in [-0.1, -0.05) is 6.07 Å². The topological polar surface area (TPSA) is 3.24 Å². The van der Waals surface area contributed by atoms with E-state index in [1.165, 1.54) is 6.07 Å². The normalized spacial score (nSPS) is 9.67. The summed E-state index contributed by atoms with van der Waals surface area (Å²) >= 11 is 0. The maximum Gasteiger partial charge on any atom is 0.125 e. The molecular formula is C13H16FN.